The number of hydrogen-bond acceptors (Lipinski definition) is 3. The van der Waals surface area contributed by atoms with Gasteiger partial charge in [-0.2, -0.15) is 0 Å². The molecule has 2 atom stereocenters. The van der Waals surface area contributed by atoms with E-state index in [-0.39, 0.29) is 12.3 Å². The van der Waals surface area contributed by atoms with Crippen molar-refractivity contribution in [3.63, 3.8) is 0 Å². The molecule has 0 bridgehead atoms. The summed E-state index contributed by atoms with van der Waals surface area (Å²) in [5.74, 6) is 0.433. The van der Waals surface area contributed by atoms with E-state index in [1.165, 1.54) is 0 Å². The Hall–Kier alpha value is -0.120. The molecule has 13 heavy (non-hydrogen) atoms. The van der Waals surface area contributed by atoms with Crippen LogP contribution in [0.5, 0.6) is 0 Å². The molecular weight excluding hydrogens is 166 g/mol. The fourth-order valence-electron chi connectivity index (χ4n) is 1.14. The minimum atomic E-state index is -0.245. The van der Waals surface area contributed by atoms with Crippen LogP contribution in [0, 0.1) is 5.92 Å². The van der Waals surface area contributed by atoms with Crippen LogP contribution in [0.4, 0.5) is 0 Å². The van der Waals surface area contributed by atoms with Crippen molar-refractivity contribution in [3.8, 4) is 0 Å². The monoisotopic (exact) mass is 189 g/mol. The maximum absolute atomic E-state index is 5.99. The maximum Gasteiger partial charge on any atom is 0.172 e. The zero-order valence-corrected chi connectivity index (χ0v) is 9.25. The number of nitrogens with two attached hydrogens (primary N) is 1. The Morgan fingerprint density at radius 2 is 1.54 bits per heavy atom. The third kappa shape index (κ3) is 4.60. The lowest BCUT2D eigenvalue weighted by atomic mass is 10.00. The van der Waals surface area contributed by atoms with Crippen LogP contribution in [0.25, 0.3) is 0 Å². The third-order valence-electron chi connectivity index (χ3n) is 2.28. The molecule has 0 aromatic rings. The van der Waals surface area contributed by atoms with E-state index in [2.05, 4.69) is 13.8 Å². The first-order valence-electron chi connectivity index (χ1n) is 5.16. The highest BCUT2D eigenvalue weighted by Crippen LogP contribution is 2.12. The van der Waals surface area contributed by atoms with E-state index in [9.17, 15) is 0 Å². The van der Waals surface area contributed by atoms with Gasteiger partial charge in [-0.15, -0.1) is 0 Å². The first-order chi connectivity index (χ1) is 6.17. The molecule has 3 heteroatoms. The molecule has 0 heterocycles. The second-order valence-corrected chi connectivity index (χ2v) is 3.24. The van der Waals surface area contributed by atoms with Crippen LogP contribution in [0.3, 0.4) is 0 Å². The fourth-order valence-corrected chi connectivity index (χ4v) is 1.14. The second-order valence-electron chi connectivity index (χ2n) is 3.24. The molecule has 0 amide bonds. The zero-order chi connectivity index (χ0) is 10.3. The van der Waals surface area contributed by atoms with E-state index in [0.29, 0.717) is 19.1 Å². The van der Waals surface area contributed by atoms with Gasteiger partial charge in [0.25, 0.3) is 0 Å². The first-order valence-corrected chi connectivity index (χ1v) is 5.16. The van der Waals surface area contributed by atoms with Crippen molar-refractivity contribution in [1.29, 1.82) is 0 Å². The molecule has 0 spiro atoms. The summed E-state index contributed by atoms with van der Waals surface area (Å²) in [4.78, 5) is 0. The summed E-state index contributed by atoms with van der Waals surface area (Å²) in [6.07, 6.45) is 0.808. The highest BCUT2D eigenvalue weighted by Gasteiger charge is 2.22. The second kappa shape index (κ2) is 7.30. The van der Waals surface area contributed by atoms with Gasteiger partial charge in [-0.05, 0) is 19.8 Å². The molecule has 0 aromatic carbocycles. The largest absolute Gasteiger partial charge is 0.351 e. The van der Waals surface area contributed by atoms with Crippen molar-refractivity contribution in [2.45, 2.75) is 46.4 Å². The molecule has 0 radical (unpaired) electrons. The van der Waals surface area contributed by atoms with Gasteiger partial charge in [0, 0.05) is 13.2 Å². The average Bonchev–Trinajstić information content (AvgIpc) is 2.15. The Labute approximate surface area is 81.6 Å². The molecule has 0 fully saturated rings. The smallest absolute Gasteiger partial charge is 0.172 e. The third-order valence-corrected chi connectivity index (χ3v) is 2.28. The molecule has 0 aliphatic carbocycles. The topological polar surface area (TPSA) is 44.5 Å². The van der Waals surface area contributed by atoms with E-state index >= 15 is 0 Å². The molecule has 80 valence electrons. The van der Waals surface area contributed by atoms with Crippen LogP contribution in [0.15, 0.2) is 0 Å². The van der Waals surface area contributed by atoms with Crippen LogP contribution >= 0.6 is 0 Å². The van der Waals surface area contributed by atoms with E-state index in [1.807, 2.05) is 13.8 Å². The van der Waals surface area contributed by atoms with Gasteiger partial charge in [0.2, 0.25) is 0 Å². The van der Waals surface area contributed by atoms with E-state index in [1.54, 1.807) is 0 Å². The average molecular weight is 189 g/mol. The Kier molecular flexibility index (Phi) is 7.23. The van der Waals surface area contributed by atoms with Crippen LogP contribution < -0.4 is 5.73 Å². The van der Waals surface area contributed by atoms with Gasteiger partial charge in [-0.25, -0.2) is 0 Å². The Bertz CT molecular complexity index is 113. The summed E-state index contributed by atoms with van der Waals surface area (Å²) < 4.78 is 10.8. The van der Waals surface area contributed by atoms with Gasteiger partial charge < -0.3 is 15.2 Å². The highest BCUT2D eigenvalue weighted by atomic mass is 16.7. The maximum atomic E-state index is 5.99. The number of ether oxygens (including phenoxy) is 2. The van der Waals surface area contributed by atoms with Crippen LogP contribution in [0.2, 0.25) is 0 Å². The quantitative estimate of drug-likeness (QED) is 0.621. The standard InChI is InChI=1S/C10H23NO2/c1-5-8(4)9(11)10(12-6-2)13-7-3/h8-10H,5-7,11H2,1-4H3. The van der Waals surface area contributed by atoms with Gasteiger partial charge >= 0.3 is 0 Å². The molecule has 0 aliphatic rings. The van der Waals surface area contributed by atoms with E-state index in [4.69, 9.17) is 15.2 Å². The normalized spacial score (nSPS) is 16.2. The van der Waals surface area contributed by atoms with Crippen molar-refractivity contribution in [3.05, 3.63) is 0 Å². The summed E-state index contributed by atoms with van der Waals surface area (Å²) in [5, 5.41) is 0. The van der Waals surface area contributed by atoms with Gasteiger partial charge in [-0.1, -0.05) is 20.3 Å². The van der Waals surface area contributed by atoms with Gasteiger partial charge in [0.05, 0.1) is 6.04 Å². The predicted molar refractivity (Wildman–Crippen MR) is 54.5 cm³/mol. The van der Waals surface area contributed by atoms with Gasteiger partial charge in [0.1, 0.15) is 0 Å². The van der Waals surface area contributed by atoms with Crippen molar-refractivity contribution in [1.82, 2.24) is 0 Å². The van der Waals surface area contributed by atoms with Crippen LogP contribution in [-0.4, -0.2) is 25.5 Å². The SMILES string of the molecule is CCOC(OCC)C(N)C(C)CC. The first kappa shape index (κ1) is 12.9. The summed E-state index contributed by atoms with van der Waals surface area (Å²) in [5.41, 5.74) is 5.99. The fraction of sp³-hybridized carbons (Fsp3) is 1.00. The lowest BCUT2D eigenvalue weighted by Gasteiger charge is -2.27. The zero-order valence-electron chi connectivity index (χ0n) is 9.25. The summed E-state index contributed by atoms with van der Waals surface area (Å²) in [6.45, 7) is 9.45. The minimum Gasteiger partial charge on any atom is -0.351 e. The molecule has 0 saturated carbocycles. The number of hydrogen-bond donors (Lipinski definition) is 1. The summed E-state index contributed by atoms with van der Waals surface area (Å²) in [7, 11) is 0. The van der Waals surface area contributed by atoms with Gasteiger partial charge in [0.15, 0.2) is 6.29 Å². The Morgan fingerprint density at radius 1 is 1.08 bits per heavy atom. The highest BCUT2D eigenvalue weighted by molar-refractivity contribution is 4.71. The van der Waals surface area contributed by atoms with Crippen LogP contribution in [-0.2, 0) is 9.47 Å². The van der Waals surface area contributed by atoms with Crippen molar-refractivity contribution in [2.75, 3.05) is 13.2 Å². The molecule has 0 saturated heterocycles. The Morgan fingerprint density at radius 3 is 1.85 bits per heavy atom. The molecule has 0 rings (SSSR count). The van der Waals surface area contributed by atoms with Crippen molar-refractivity contribution < 1.29 is 9.47 Å². The molecule has 2 unspecified atom stereocenters. The summed E-state index contributed by atoms with van der Waals surface area (Å²) >= 11 is 0. The lowest BCUT2D eigenvalue weighted by molar-refractivity contribution is -0.155. The summed E-state index contributed by atoms with van der Waals surface area (Å²) in [6, 6.07) is -0.0232. The van der Waals surface area contributed by atoms with Crippen molar-refractivity contribution >= 4 is 0 Å². The molecule has 0 aromatic heterocycles. The van der Waals surface area contributed by atoms with E-state index < -0.39 is 0 Å². The lowest BCUT2D eigenvalue weighted by Crippen LogP contribution is -2.43. The molecular formula is C10H23NO2. The number of rotatable bonds is 7. The van der Waals surface area contributed by atoms with Crippen molar-refractivity contribution in [2.24, 2.45) is 11.7 Å². The van der Waals surface area contributed by atoms with Crippen LogP contribution in [0.1, 0.15) is 34.1 Å². The minimum absolute atomic E-state index is 0.0232. The predicted octanol–water partition coefficient (Wildman–Crippen LogP) is 1.76. The molecule has 2 N–H and O–H groups in total. The van der Waals surface area contributed by atoms with E-state index in [0.717, 1.165) is 6.42 Å². The van der Waals surface area contributed by atoms with Gasteiger partial charge in [-0.3, -0.25) is 0 Å². The molecule has 0 aliphatic heterocycles. The Balaban J connectivity index is 4.00. The molecule has 3 nitrogen and oxygen atoms in total.